The molecule has 2 aromatic carbocycles. The van der Waals surface area contributed by atoms with Gasteiger partial charge in [0, 0.05) is 24.2 Å². The third kappa shape index (κ3) is 3.29. The molecule has 21 heavy (non-hydrogen) atoms. The second-order valence-electron chi connectivity index (χ2n) is 4.78. The molecule has 3 nitrogen and oxygen atoms in total. The van der Waals surface area contributed by atoms with E-state index in [2.05, 4.69) is 21.2 Å². The summed E-state index contributed by atoms with van der Waals surface area (Å²) in [5.74, 6) is 1.26. The summed E-state index contributed by atoms with van der Waals surface area (Å²) in [7, 11) is 0. The van der Waals surface area contributed by atoms with Crippen molar-refractivity contribution in [2.45, 2.75) is 13.0 Å². The minimum atomic E-state index is -0.286. The van der Waals surface area contributed by atoms with Crippen molar-refractivity contribution >= 4 is 21.6 Å². The van der Waals surface area contributed by atoms with E-state index >= 15 is 0 Å². The number of rotatable bonds is 3. The van der Waals surface area contributed by atoms with Crippen LogP contribution in [0.25, 0.3) is 0 Å². The normalized spacial score (nSPS) is 13.6. The SMILES string of the molecule is Fc1cc(NCc2cccc3c2OCCCO3)ccc1Br. The van der Waals surface area contributed by atoms with Crippen molar-refractivity contribution in [3.05, 3.63) is 52.3 Å². The lowest BCUT2D eigenvalue weighted by atomic mass is 10.1. The van der Waals surface area contributed by atoms with Crippen molar-refractivity contribution in [3.8, 4) is 11.5 Å². The van der Waals surface area contributed by atoms with E-state index in [0.717, 1.165) is 29.2 Å². The summed E-state index contributed by atoms with van der Waals surface area (Å²) < 4.78 is 25.4. The Labute approximate surface area is 131 Å². The fraction of sp³-hybridized carbons (Fsp3) is 0.250. The first-order valence-electron chi connectivity index (χ1n) is 6.80. The molecule has 1 aliphatic rings. The van der Waals surface area contributed by atoms with Gasteiger partial charge in [-0.2, -0.15) is 0 Å². The lowest BCUT2D eigenvalue weighted by molar-refractivity contribution is 0.296. The predicted octanol–water partition coefficient (Wildman–Crippen LogP) is 4.36. The molecular weight excluding hydrogens is 337 g/mol. The van der Waals surface area contributed by atoms with Crippen molar-refractivity contribution < 1.29 is 13.9 Å². The number of halogens is 2. The highest BCUT2D eigenvalue weighted by Crippen LogP contribution is 2.33. The van der Waals surface area contributed by atoms with Gasteiger partial charge in [0.2, 0.25) is 0 Å². The van der Waals surface area contributed by atoms with E-state index in [0.29, 0.717) is 24.2 Å². The maximum absolute atomic E-state index is 13.5. The third-order valence-electron chi connectivity index (χ3n) is 3.26. The zero-order valence-electron chi connectivity index (χ0n) is 11.4. The Morgan fingerprint density at radius 1 is 1.14 bits per heavy atom. The molecule has 2 aromatic rings. The van der Waals surface area contributed by atoms with Gasteiger partial charge in [-0.15, -0.1) is 0 Å². The molecule has 0 aliphatic carbocycles. The van der Waals surface area contributed by atoms with Crippen LogP contribution in [0.2, 0.25) is 0 Å². The lowest BCUT2D eigenvalue weighted by Crippen LogP contribution is -2.03. The highest BCUT2D eigenvalue weighted by Gasteiger charge is 2.14. The number of fused-ring (bicyclic) bond motifs is 1. The molecule has 0 fully saturated rings. The first-order chi connectivity index (χ1) is 10.2. The lowest BCUT2D eigenvalue weighted by Gasteiger charge is -2.13. The zero-order valence-corrected chi connectivity index (χ0v) is 13.0. The van der Waals surface area contributed by atoms with Crippen LogP contribution in [-0.2, 0) is 6.54 Å². The summed E-state index contributed by atoms with van der Waals surface area (Å²) in [6.45, 7) is 1.87. The molecule has 1 heterocycles. The average molecular weight is 352 g/mol. The maximum Gasteiger partial charge on any atom is 0.166 e. The fourth-order valence-corrected chi connectivity index (χ4v) is 2.44. The molecule has 0 aromatic heterocycles. The number of benzene rings is 2. The number of nitrogens with one attached hydrogen (secondary N) is 1. The summed E-state index contributed by atoms with van der Waals surface area (Å²) in [5, 5.41) is 3.20. The predicted molar refractivity (Wildman–Crippen MR) is 83.5 cm³/mol. The Hall–Kier alpha value is -1.75. The van der Waals surface area contributed by atoms with Crippen molar-refractivity contribution in [1.82, 2.24) is 0 Å². The molecular formula is C16H15BrFNO2. The van der Waals surface area contributed by atoms with Gasteiger partial charge in [-0.1, -0.05) is 12.1 Å². The van der Waals surface area contributed by atoms with Crippen LogP contribution in [0, 0.1) is 5.82 Å². The summed E-state index contributed by atoms with van der Waals surface area (Å²) in [6.07, 6.45) is 0.874. The molecule has 0 bridgehead atoms. The molecule has 1 aliphatic heterocycles. The van der Waals surface area contributed by atoms with Crippen molar-refractivity contribution in [1.29, 1.82) is 0 Å². The quantitative estimate of drug-likeness (QED) is 0.890. The molecule has 3 rings (SSSR count). The zero-order chi connectivity index (χ0) is 14.7. The standard InChI is InChI=1S/C16H15BrFNO2/c17-13-6-5-12(9-14(13)18)19-10-11-3-1-4-15-16(11)21-8-2-7-20-15/h1,3-6,9,19H,2,7-8,10H2. The van der Waals surface area contributed by atoms with Gasteiger partial charge in [0.05, 0.1) is 17.7 Å². The Morgan fingerprint density at radius 3 is 2.86 bits per heavy atom. The summed E-state index contributed by atoms with van der Waals surface area (Å²) in [6, 6.07) is 10.8. The number of hydrogen-bond donors (Lipinski definition) is 1. The first-order valence-corrected chi connectivity index (χ1v) is 7.60. The monoisotopic (exact) mass is 351 g/mol. The summed E-state index contributed by atoms with van der Waals surface area (Å²) in [4.78, 5) is 0. The van der Waals surface area contributed by atoms with Crippen LogP contribution < -0.4 is 14.8 Å². The number of hydrogen-bond acceptors (Lipinski definition) is 3. The molecule has 1 N–H and O–H groups in total. The van der Waals surface area contributed by atoms with E-state index in [1.165, 1.54) is 6.07 Å². The van der Waals surface area contributed by atoms with Gasteiger partial charge in [0.15, 0.2) is 11.5 Å². The van der Waals surface area contributed by atoms with Gasteiger partial charge >= 0.3 is 0 Å². The molecule has 0 saturated carbocycles. The first kappa shape index (κ1) is 14.2. The minimum absolute atomic E-state index is 0.286. The third-order valence-corrected chi connectivity index (χ3v) is 3.90. The molecule has 0 radical (unpaired) electrons. The van der Waals surface area contributed by atoms with Crippen LogP contribution in [0.15, 0.2) is 40.9 Å². The Bertz CT molecular complexity index is 648. The topological polar surface area (TPSA) is 30.5 Å². The van der Waals surface area contributed by atoms with Gasteiger partial charge in [-0.05, 0) is 40.2 Å². The summed E-state index contributed by atoms with van der Waals surface area (Å²) >= 11 is 3.14. The molecule has 0 spiro atoms. The van der Waals surface area contributed by atoms with E-state index in [1.54, 1.807) is 6.07 Å². The van der Waals surface area contributed by atoms with Crippen LogP contribution in [-0.4, -0.2) is 13.2 Å². The van der Waals surface area contributed by atoms with E-state index in [4.69, 9.17) is 9.47 Å². The van der Waals surface area contributed by atoms with Gasteiger partial charge in [0.25, 0.3) is 0 Å². The molecule has 0 saturated heterocycles. The van der Waals surface area contributed by atoms with Gasteiger partial charge in [0.1, 0.15) is 5.82 Å². The van der Waals surface area contributed by atoms with E-state index < -0.39 is 0 Å². The molecule has 5 heteroatoms. The van der Waals surface area contributed by atoms with E-state index in [-0.39, 0.29) is 5.82 Å². The minimum Gasteiger partial charge on any atom is -0.490 e. The average Bonchev–Trinajstić information content (AvgIpc) is 2.74. The van der Waals surface area contributed by atoms with Gasteiger partial charge < -0.3 is 14.8 Å². The van der Waals surface area contributed by atoms with Crippen molar-refractivity contribution in [2.24, 2.45) is 0 Å². The number of anilines is 1. The Kier molecular flexibility index (Phi) is 4.29. The Balaban J connectivity index is 1.77. The van der Waals surface area contributed by atoms with Crippen LogP contribution in [0.1, 0.15) is 12.0 Å². The smallest absolute Gasteiger partial charge is 0.166 e. The van der Waals surface area contributed by atoms with Crippen LogP contribution in [0.5, 0.6) is 11.5 Å². The van der Waals surface area contributed by atoms with E-state index in [1.807, 2.05) is 24.3 Å². The highest BCUT2D eigenvalue weighted by atomic mass is 79.9. The second kappa shape index (κ2) is 6.35. The fourth-order valence-electron chi connectivity index (χ4n) is 2.20. The molecule has 0 atom stereocenters. The van der Waals surface area contributed by atoms with Crippen LogP contribution in [0.4, 0.5) is 10.1 Å². The van der Waals surface area contributed by atoms with E-state index in [9.17, 15) is 4.39 Å². The number of ether oxygens (including phenoxy) is 2. The second-order valence-corrected chi connectivity index (χ2v) is 5.63. The largest absolute Gasteiger partial charge is 0.490 e. The molecule has 0 unspecified atom stereocenters. The van der Waals surface area contributed by atoms with Crippen molar-refractivity contribution in [2.75, 3.05) is 18.5 Å². The van der Waals surface area contributed by atoms with Crippen molar-refractivity contribution in [3.63, 3.8) is 0 Å². The maximum atomic E-state index is 13.5. The van der Waals surface area contributed by atoms with Gasteiger partial charge in [-0.25, -0.2) is 4.39 Å². The molecule has 110 valence electrons. The van der Waals surface area contributed by atoms with Crippen LogP contribution >= 0.6 is 15.9 Å². The highest BCUT2D eigenvalue weighted by molar-refractivity contribution is 9.10. The number of para-hydroxylation sites is 1. The van der Waals surface area contributed by atoms with Gasteiger partial charge in [-0.3, -0.25) is 0 Å². The summed E-state index contributed by atoms with van der Waals surface area (Å²) in [5.41, 5.74) is 1.72. The molecule has 0 amide bonds. The Morgan fingerprint density at radius 2 is 2.00 bits per heavy atom. The van der Waals surface area contributed by atoms with Crippen LogP contribution in [0.3, 0.4) is 0 Å².